The molecule has 0 saturated carbocycles. The third-order valence-electron chi connectivity index (χ3n) is 7.58. The molecule has 2 aromatic heterocycles. The average molecular weight is 885 g/mol. The third kappa shape index (κ3) is 10.1. The van der Waals surface area contributed by atoms with Gasteiger partial charge in [-0.15, -0.1) is 20.4 Å². The SMILES string of the molecule is CC(=O)Nc1ccc(-c2nnc(NS(=O)(=O)c3c(C)cc(Cl)cc3Cl)s2)cc1.O=S(=O)(Nc1nnc(-c2ccccc2Cl)s1)c1ccc(-c2ccccc2)cc1. The lowest BCUT2D eigenvalue weighted by Gasteiger charge is -2.10. The van der Waals surface area contributed by atoms with Crippen LogP contribution < -0.4 is 14.8 Å². The summed E-state index contributed by atoms with van der Waals surface area (Å²) in [5, 5.41) is 20.8. The van der Waals surface area contributed by atoms with E-state index in [1.165, 1.54) is 19.1 Å². The van der Waals surface area contributed by atoms with E-state index in [1.807, 2.05) is 48.5 Å². The summed E-state index contributed by atoms with van der Waals surface area (Å²) in [4.78, 5) is 11.2. The highest BCUT2D eigenvalue weighted by Crippen LogP contribution is 2.34. The molecule has 0 saturated heterocycles. The van der Waals surface area contributed by atoms with Crippen molar-refractivity contribution >= 4 is 99.4 Å². The highest BCUT2D eigenvalue weighted by Gasteiger charge is 2.23. The monoisotopic (exact) mass is 883 g/mol. The number of aromatic nitrogens is 4. The van der Waals surface area contributed by atoms with Crippen molar-refractivity contribution < 1.29 is 21.6 Å². The second-order valence-corrected chi connectivity index (χ2v) is 18.2. The van der Waals surface area contributed by atoms with Crippen molar-refractivity contribution in [1.82, 2.24) is 20.4 Å². The van der Waals surface area contributed by atoms with Crippen LogP contribution in [0.2, 0.25) is 15.1 Å². The third-order valence-corrected chi connectivity index (χ3v) is 13.5. The number of nitrogens with zero attached hydrogens (tertiary/aromatic N) is 4. The van der Waals surface area contributed by atoms with Gasteiger partial charge in [0.15, 0.2) is 5.01 Å². The predicted octanol–water partition coefficient (Wildman–Crippen LogP) is 9.91. The number of nitrogens with one attached hydrogen (secondary N) is 3. The Labute approximate surface area is 345 Å². The molecule has 0 aliphatic heterocycles. The van der Waals surface area contributed by atoms with Crippen LogP contribution in [0.5, 0.6) is 0 Å². The van der Waals surface area contributed by atoms with Crippen LogP contribution in [0, 0.1) is 6.92 Å². The number of carbonyl (C=O) groups excluding carboxylic acids is 1. The minimum Gasteiger partial charge on any atom is -0.326 e. The fourth-order valence-electron chi connectivity index (χ4n) is 5.11. The van der Waals surface area contributed by atoms with Crippen molar-refractivity contribution in [3.8, 4) is 32.3 Å². The lowest BCUT2D eigenvalue weighted by Crippen LogP contribution is -2.14. The molecule has 0 atom stereocenters. The summed E-state index contributed by atoms with van der Waals surface area (Å²) in [7, 11) is -7.73. The van der Waals surface area contributed by atoms with Crippen molar-refractivity contribution in [2.45, 2.75) is 23.6 Å². The lowest BCUT2D eigenvalue weighted by atomic mass is 10.1. The highest BCUT2D eigenvalue weighted by molar-refractivity contribution is 7.93. The Hall–Kier alpha value is -4.94. The molecule has 0 aliphatic rings. The molecule has 7 aromatic rings. The van der Waals surface area contributed by atoms with Crippen molar-refractivity contribution in [1.29, 1.82) is 0 Å². The van der Waals surface area contributed by atoms with E-state index >= 15 is 0 Å². The molecule has 0 bridgehead atoms. The molecule has 56 heavy (non-hydrogen) atoms. The fourth-order valence-corrected chi connectivity index (χ4v) is 10.6. The minimum atomic E-state index is -3.96. The summed E-state index contributed by atoms with van der Waals surface area (Å²) >= 11 is 20.3. The molecule has 2 heterocycles. The standard InChI is InChI=1S/C20H14ClN3O2S2.C17H14Cl2N4O3S2/c21-18-9-5-4-8-17(18)19-22-23-20(27-19)24-28(25,26)16-12-10-15(11-13-16)14-6-2-1-3-7-14;1-9-7-12(18)8-14(19)15(9)28(25,26)23-17-22-21-16(27-17)11-3-5-13(6-4-11)20-10(2)24/h1-13H,(H,23,24);3-8H,1-2H3,(H,20,24)(H,22,23). The Kier molecular flexibility index (Phi) is 12.7. The highest BCUT2D eigenvalue weighted by atomic mass is 35.5. The average Bonchev–Trinajstić information content (AvgIpc) is 3.81. The van der Waals surface area contributed by atoms with E-state index in [2.05, 4.69) is 35.2 Å². The van der Waals surface area contributed by atoms with E-state index in [0.29, 0.717) is 36.9 Å². The molecule has 7 rings (SSSR count). The van der Waals surface area contributed by atoms with E-state index in [9.17, 15) is 21.6 Å². The quantitative estimate of drug-likeness (QED) is 0.121. The van der Waals surface area contributed by atoms with Crippen LogP contribution in [0.1, 0.15) is 12.5 Å². The van der Waals surface area contributed by atoms with Crippen LogP contribution in [0.15, 0.2) is 125 Å². The molecule has 0 unspecified atom stereocenters. The van der Waals surface area contributed by atoms with E-state index in [4.69, 9.17) is 34.8 Å². The summed E-state index contributed by atoms with van der Waals surface area (Å²) in [5.41, 5.74) is 4.47. The van der Waals surface area contributed by atoms with Gasteiger partial charge in [0.25, 0.3) is 20.0 Å². The van der Waals surface area contributed by atoms with Gasteiger partial charge in [-0.05, 0) is 78.2 Å². The van der Waals surface area contributed by atoms with Crippen molar-refractivity contribution in [2.75, 3.05) is 14.8 Å². The van der Waals surface area contributed by atoms with Gasteiger partial charge in [0.05, 0.1) is 14.9 Å². The number of rotatable bonds is 10. The van der Waals surface area contributed by atoms with Crippen LogP contribution in [-0.4, -0.2) is 43.1 Å². The summed E-state index contributed by atoms with van der Waals surface area (Å²) in [6, 6.07) is 33.5. The largest absolute Gasteiger partial charge is 0.326 e. The number of hydrogen-bond acceptors (Lipinski definition) is 11. The molecule has 286 valence electrons. The van der Waals surface area contributed by atoms with Crippen LogP contribution in [0.3, 0.4) is 0 Å². The topological polar surface area (TPSA) is 173 Å². The first-order valence-corrected chi connectivity index (χ1v) is 21.9. The first kappa shape index (κ1) is 40.7. The Balaban J connectivity index is 0.000000190. The maximum Gasteiger partial charge on any atom is 0.265 e. The van der Waals surface area contributed by atoms with Crippen LogP contribution in [0.4, 0.5) is 16.0 Å². The van der Waals surface area contributed by atoms with E-state index in [-0.39, 0.29) is 31.0 Å². The van der Waals surface area contributed by atoms with Gasteiger partial charge in [-0.3, -0.25) is 14.2 Å². The molecular formula is C37H28Cl3N7O5S4. The molecule has 1 amide bonds. The Morgan fingerprint density at radius 3 is 1.79 bits per heavy atom. The minimum absolute atomic E-state index is 0.0239. The van der Waals surface area contributed by atoms with E-state index in [1.54, 1.807) is 61.5 Å². The summed E-state index contributed by atoms with van der Waals surface area (Å²) in [6.07, 6.45) is 0. The van der Waals surface area contributed by atoms with Crippen LogP contribution >= 0.6 is 57.5 Å². The van der Waals surface area contributed by atoms with E-state index < -0.39 is 20.0 Å². The number of carbonyl (C=O) groups is 1. The lowest BCUT2D eigenvalue weighted by molar-refractivity contribution is -0.114. The predicted molar refractivity (Wildman–Crippen MR) is 225 cm³/mol. The maximum atomic E-state index is 12.7. The zero-order valence-electron chi connectivity index (χ0n) is 29.1. The summed E-state index contributed by atoms with van der Waals surface area (Å²) in [6.45, 7) is 3.03. The Morgan fingerprint density at radius 2 is 1.16 bits per heavy atom. The molecule has 0 radical (unpaired) electrons. The fraction of sp³-hybridized carbons (Fsp3) is 0.0541. The van der Waals surface area contributed by atoms with Gasteiger partial charge in [-0.2, -0.15) is 0 Å². The van der Waals surface area contributed by atoms with Gasteiger partial charge in [-0.1, -0.05) is 118 Å². The maximum absolute atomic E-state index is 12.7. The molecule has 0 aliphatic carbocycles. The van der Waals surface area contributed by atoms with E-state index in [0.717, 1.165) is 39.4 Å². The van der Waals surface area contributed by atoms with Gasteiger partial charge < -0.3 is 5.32 Å². The number of anilines is 3. The number of sulfonamides is 2. The molecule has 0 fully saturated rings. The zero-order chi connectivity index (χ0) is 40.0. The number of benzene rings is 5. The van der Waals surface area contributed by atoms with Crippen molar-refractivity contribution in [3.63, 3.8) is 0 Å². The first-order valence-electron chi connectivity index (χ1n) is 16.2. The van der Waals surface area contributed by atoms with Gasteiger partial charge in [0.1, 0.15) is 9.90 Å². The van der Waals surface area contributed by atoms with Crippen molar-refractivity contribution in [3.05, 3.63) is 136 Å². The second-order valence-electron chi connectivity index (χ2n) is 11.7. The first-order chi connectivity index (χ1) is 26.7. The summed E-state index contributed by atoms with van der Waals surface area (Å²) in [5.74, 6) is -0.170. The molecule has 0 spiro atoms. The molecule has 19 heteroatoms. The number of halogens is 3. The zero-order valence-corrected chi connectivity index (χ0v) is 34.6. The van der Waals surface area contributed by atoms with Gasteiger partial charge in [0, 0.05) is 28.8 Å². The Bertz CT molecular complexity index is 2710. The Morgan fingerprint density at radius 1 is 0.607 bits per heavy atom. The van der Waals surface area contributed by atoms with Gasteiger partial charge in [0.2, 0.25) is 16.2 Å². The normalized spacial score (nSPS) is 11.3. The van der Waals surface area contributed by atoms with Gasteiger partial charge >= 0.3 is 0 Å². The number of amides is 1. The molecule has 5 aromatic carbocycles. The molecule has 3 N–H and O–H groups in total. The molecular weight excluding hydrogens is 857 g/mol. The summed E-state index contributed by atoms with van der Waals surface area (Å²) < 4.78 is 55.6. The van der Waals surface area contributed by atoms with Crippen LogP contribution in [0.25, 0.3) is 32.3 Å². The number of hydrogen-bond donors (Lipinski definition) is 3. The van der Waals surface area contributed by atoms with Crippen molar-refractivity contribution in [2.24, 2.45) is 0 Å². The molecule has 12 nitrogen and oxygen atoms in total. The number of aryl methyl sites for hydroxylation is 1. The van der Waals surface area contributed by atoms with Crippen LogP contribution in [-0.2, 0) is 24.8 Å². The smallest absolute Gasteiger partial charge is 0.265 e. The second kappa shape index (κ2) is 17.5. The van der Waals surface area contributed by atoms with Gasteiger partial charge in [-0.25, -0.2) is 16.8 Å².